The molecule has 1 aromatic heterocycles. The standard InChI is InChI=1S/C34H57N5O8Si/c1-32(2,3)45-30(42)36-17-12-20-39-25(22-35-18-19-37-31(43)46-33(4,5)6)21-27(38-39)24-13-15-26(16-14-24)44-23-28(29(40)41)47-48(10,11)34(7,8)9/h13-16,21,28,35H,12,17-20,22-23H2,1-11H3,(H,36,42)(H,37,43)(H,40,41)/t28-/m1/s1. The first-order valence-corrected chi connectivity index (χ1v) is 19.3. The first-order valence-electron chi connectivity index (χ1n) is 16.4. The molecule has 0 aliphatic rings. The van der Waals surface area contributed by atoms with Crippen LogP contribution in [0.5, 0.6) is 5.75 Å². The first-order chi connectivity index (χ1) is 22.1. The highest BCUT2D eigenvalue weighted by Crippen LogP contribution is 2.37. The van der Waals surface area contributed by atoms with Gasteiger partial charge in [-0.15, -0.1) is 0 Å². The molecule has 1 aromatic carbocycles. The van der Waals surface area contributed by atoms with Gasteiger partial charge in [0.1, 0.15) is 23.6 Å². The Kier molecular flexibility index (Phi) is 14.5. The van der Waals surface area contributed by atoms with Crippen molar-refractivity contribution in [2.24, 2.45) is 0 Å². The number of nitrogens with one attached hydrogen (secondary N) is 3. The Hall–Kier alpha value is -3.62. The number of carboxylic acid groups (broad SMARTS) is 1. The first kappa shape index (κ1) is 40.6. The molecule has 13 nitrogen and oxygen atoms in total. The molecule has 1 heterocycles. The molecule has 0 radical (unpaired) electrons. The molecule has 14 heteroatoms. The van der Waals surface area contributed by atoms with Crippen LogP contribution in [0.15, 0.2) is 30.3 Å². The zero-order chi connectivity index (χ0) is 36.3. The maximum absolute atomic E-state index is 12.0. The number of aryl methyl sites for hydroxylation is 1. The van der Waals surface area contributed by atoms with E-state index in [4.69, 9.17) is 23.7 Å². The van der Waals surface area contributed by atoms with Gasteiger partial charge in [-0.1, -0.05) is 20.8 Å². The monoisotopic (exact) mass is 691 g/mol. The number of ether oxygens (including phenoxy) is 3. The van der Waals surface area contributed by atoms with E-state index in [2.05, 4.69) is 36.7 Å². The highest BCUT2D eigenvalue weighted by atomic mass is 28.4. The van der Waals surface area contributed by atoms with Gasteiger partial charge in [0.15, 0.2) is 14.4 Å². The third-order valence-electron chi connectivity index (χ3n) is 7.42. The van der Waals surface area contributed by atoms with Crippen molar-refractivity contribution >= 4 is 26.5 Å². The van der Waals surface area contributed by atoms with E-state index < -0.39 is 43.8 Å². The molecule has 270 valence electrons. The van der Waals surface area contributed by atoms with E-state index in [0.717, 1.165) is 17.0 Å². The Bertz CT molecular complexity index is 1340. The number of carbonyl (C=O) groups excluding carboxylic acids is 2. The summed E-state index contributed by atoms with van der Waals surface area (Å²) in [7, 11) is -2.31. The molecule has 2 aromatic rings. The number of aliphatic carboxylic acids is 1. The van der Waals surface area contributed by atoms with Crippen LogP contribution in [0.4, 0.5) is 9.59 Å². The Balaban J connectivity index is 2.08. The largest absolute Gasteiger partial charge is 0.490 e. The summed E-state index contributed by atoms with van der Waals surface area (Å²) in [5.41, 5.74) is 1.38. The lowest BCUT2D eigenvalue weighted by Gasteiger charge is -2.38. The fourth-order valence-electron chi connectivity index (χ4n) is 4.03. The maximum atomic E-state index is 12.0. The molecule has 1 atom stereocenters. The van der Waals surface area contributed by atoms with E-state index in [9.17, 15) is 19.5 Å². The summed E-state index contributed by atoms with van der Waals surface area (Å²) in [4.78, 5) is 35.9. The Morgan fingerprint density at radius 3 is 1.96 bits per heavy atom. The molecule has 4 N–H and O–H groups in total. The average molecular weight is 692 g/mol. The van der Waals surface area contributed by atoms with Gasteiger partial charge in [0.05, 0.1) is 11.4 Å². The number of carbonyl (C=O) groups is 3. The van der Waals surface area contributed by atoms with Gasteiger partial charge in [0.2, 0.25) is 0 Å². The molecule has 0 saturated heterocycles. The second-order valence-electron chi connectivity index (χ2n) is 15.2. The van der Waals surface area contributed by atoms with Crippen molar-refractivity contribution < 1.29 is 38.1 Å². The minimum absolute atomic E-state index is 0.105. The molecule has 0 fully saturated rings. The van der Waals surface area contributed by atoms with Crippen molar-refractivity contribution in [3.63, 3.8) is 0 Å². The topological polar surface area (TPSA) is 162 Å². The summed E-state index contributed by atoms with van der Waals surface area (Å²) >= 11 is 0. The van der Waals surface area contributed by atoms with E-state index in [-0.39, 0.29) is 11.6 Å². The summed E-state index contributed by atoms with van der Waals surface area (Å²) in [5.74, 6) is -0.527. The number of hydrogen-bond acceptors (Lipinski definition) is 9. The third kappa shape index (κ3) is 14.6. The molecule has 0 unspecified atom stereocenters. The Labute approximate surface area is 286 Å². The highest BCUT2D eigenvalue weighted by molar-refractivity contribution is 6.74. The SMILES string of the molecule is CC(C)(C)OC(=O)NCCCn1nc(-c2ccc(OC[C@@H](O[Si](C)(C)C(C)(C)C)C(=O)O)cc2)cc1CNCCNC(=O)OC(C)(C)C. The van der Waals surface area contributed by atoms with Crippen molar-refractivity contribution in [2.75, 3.05) is 26.2 Å². The number of rotatable bonds is 16. The summed E-state index contributed by atoms with van der Waals surface area (Å²) in [6.45, 7) is 23.4. The summed E-state index contributed by atoms with van der Waals surface area (Å²) in [6, 6.07) is 9.30. The number of nitrogens with zero attached hydrogens (tertiary/aromatic N) is 2. The molecule has 0 spiro atoms. The smallest absolute Gasteiger partial charge is 0.407 e. The van der Waals surface area contributed by atoms with Gasteiger partial charge in [-0.3, -0.25) is 4.68 Å². The van der Waals surface area contributed by atoms with Crippen LogP contribution in [0.3, 0.4) is 0 Å². The van der Waals surface area contributed by atoms with Crippen molar-refractivity contribution in [3.05, 3.63) is 36.0 Å². The van der Waals surface area contributed by atoms with Gasteiger partial charge < -0.3 is 39.7 Å². The van der Waals surface area contributed by atoms with Gasteiger partial charge in [0.25, 0.3) is 0 Å². The van der Waals surface area contributed by atoms with Gasteiger partial charge in [-0.05, 0) is 96.4 Å². The van der Waals surface area contributed by atoms with Crippen LogP contribution in [0.2, 0.25) is 18.1 Å². The number of benzene rings is 1. The molecule has 48 heavy (non-hydrogen) atoms. The third-order valence-corrected chi connectivity index (χ3v) is 11.9. The van der Waals surface area contributed by atoms with Crippen molar-refractivity contribution in [1.82, 2.24) is 25.7 Å². The average Bonchev–Trinajstić information content (AvgIpc) is 3.33. The lowest BCUT2D eigenvalue weighted by molar-refractivity contribution is -0.147. The highest BCUT2D eigenvalue weighted by Gasteiger charge is 2.41. The molecule has 0 saturated carbocycles. The second-order valence-corrected chi connectivity index (χ2v) is 19.9. The van der Waals surface area contributed by atoms with Crippen LogP contribution in [0, 0.1) is 0 Å². The maximum Gasteiger partial charge on any atom is 0.407 e. The minimum atomic E-state index is -2.31. The molecule has 0 aliphatic heterocycles. The van der Waals surface area contributed by atoms with Crippen molar-refractivity contribution in [3.8, 4) is 17.0 Å². The zero-order valence-corrected chi connectivity index (χ0v) is 31.6. The molecular weight excluding hydrogens is 634 g/mol. The summed E-state index contributed by atoms with van der Waals surface area (Å²) < 4.78 is 24.4. The minimum Gasteiger partial charge on any atom is -0.490 e. The quantitative estimate of drug-likeness (QED) is 0.123. The molecule has 0 bridgehead atoms. The lowest BCUT2D eigenvalue weighted by atomic mass is 10.1. The normalized spacial score (nSPS) is 13.1. The van der Waals surface area contributed by atoms with E-state index >= 15 is 0 Å². The zero-order valence-electron chi connectivity index (χ0n) is 30.6. The van der Waals surface area contributed by atoms with Gasteiger partial charge in [0, 0.05) is 38.3 Å². The van der Waals surface area contributed by atoms with Crippen LogP contribution in [-0.2, 0) is 31.8 Å². The second kappa shape index (κ2) is 17.2. The summed E-state index contributed by atoms with van der Waals surface area (Å²) in [5, 5.41) is 23.3. The van der Waals surface area contributed by atoms with E-state index in [1.165, 1.54) is 0 Å². The number of alkyl carbamates (subject to hydrolysis) is 2. The molecule has 2 rings (SSSR count). The Morgan fingerprint density at radius 2 is 1.44 bits per heavy atom. The van der Waals surface area contributed by atoms with Crippen LogP contribution in [-0.4, -0.2) is 84.9 Å². The predicted molar refractivity (Wildman–Crippen MR) is 188 cm³/mol. The van der Waals surface area contributed by atoms with Gasteiger partial charge in [-0.2, -0.15) is 5.10 Å². The van der Waals surface area contributed by atoms with Crippen molar-refractivity contribution in [1.29, 1.82) is 0 Å². The number of amides is 2. The fraction of sp³-hybridized carbons (Fsp3) is 0.647. The van der Waals surface area contributed by atoms with Crippen LogP contribution in [0.25, 0.3) is 11.3 Å². The fourth-order valence-corrected chi connectivity index (χ4v) is 5.27. The predicted octanol–water partition coefficient (Wildman–Crippen LogP) is 5.93. The van der Waals surface area contributed by atoms with Crippen LogP contribution < -0.4 is 20.7 Å². The summed E-state index contributed by atoms with van der Waals surface area (Å²) in [6.07, 6.45) is -1.38. The van der Waals surface area contributed by atoms with Gasteiger partial charge >= 0.3 is 18.2 Å². The van der Waals surface area contributed by atoms with Crippen molar-refractivity contribution in [2.45, 2.75) is 117 Å². The molecular formula is C34H57N5O8Si. The number of aromatic nitrogens is 2. The molecule has 0 aliphatic carbocycles. The van der Waals surface area contributed by atoms with E-state index in [1.54, 1.807) is 12.1 Å². The van der Waals surface area contributed by atoms with E-state index in [1.807, 2.05) is 77.5 Å². The Morgan fingerprint density at radius 1 is 0.875 bits per heavy atom. The van der Waals surface area contributed by atoms with Crippen LogP contribution >= 0.6 is 0 Å². The van der Waals surface area contributed by atoms with E-state index in [0.29, 0.717) is 44.9 Å². The number of hydrogen-bond donors (Lipinski definition) is 4. The van der Waals surface area contributed by atoms with Gasteiger partial charge in [-0.25, -0.2) is 14.4 Å². The molecule has 2 amide bonds. The van der Waals surface area contributed by atoms with Crippen LogP contribution in [0.1, 0.15) is 74.4 Å². The lowest BCUT2D eigenvalue weighted by Crippen LogP contribution is -2.47. The number of carboxylic acids is 1.